The van der Waals surface area contributed by atoms with E-state index in [1.165, 1.54) is 10.5 Å². The molecule has 4 heteroatoms. The third kappa shape index (κ3) is 6.95. The topological polar surface area (TPSA) is 40.5 Å². The summed E-state index contributed by atoms with van der Waals surface area (Å²) >= 11 is 0. The first-order chi connectivity index (χ1) is 15.5. The summed E-state index contributed by atoms with van der Waals surface area (Å²) in [6.45, 7) is 30.7. The largest absolute Gasteiger partial charge is 0.507 e. The highest BCUT2D eigenvalue weighted by Gasteiger charge is 2.30. The molecule has 0 spiro atoms. The van der Waals surface area contributed by atoms with Crippen LogP contribution in [0.3, 0.4) is 0 Å². The van der Waals surface area contributed by atoms with E-state index in [9.17, 15) is 10.2 Å². The van der Waals surface area contributed by atoms with E-state index in [1.54, 1.807) is 0 Å². The van der Waals surface area contributed by atoms with Crippen molar-refractivity contribution >= 4 is 20.7 Å². The molecule has 1 atom stereocenters. The van der Waals surface area contributed by atoms with Gasteiger partial charge in [0.1, 0.15) is 11.5 Å². The zero-order valence-corrected chi connectivity index (χ0v) is 26.3. The minimum absolute atomic E-state index is 0.0130. The number of aromatic hydroxyl groups is 2. The van der Waals surface area contributed by atoms with Gasteiger partial charge in [-0.3, -0.25) is 0 Å². The molecule has 0 amide bonds. The second-order valence-electron chi connectivity index (χ2n) is 14.3. The highest BCUT2D eigenvalue weighted by Crippen LogP contribution is 2.60. The van der Waals surface area contributed by atoms with Crippen molar-refractivity contribution < 1.29 is 10.2 Å². The van der Waals surface area contributed by atoms with Crippen molar-refractivity contribution in [3.63, 3.8) is 0 Å². The molecule has 2 rings (SSSR count). The molecule has 2 aromatic carbocycles. The van der Waals surface area contributed by atoms with Crippen molar-refractivity contribution in [2.45, 2.75) is 134 Å². The van der Waals surface area contributed by atoms with Gasteiger partial charge in [0.2, 0.25) is 0 Å². The van der Waals surface area contributed by atoms with Gasteiger partial charge in [-0.2, -0.15) is 9.93 Å². The molecule has 198 valence electrons. The molecule has 2 N–H and O–H groups in total. The predicted molar refractivity (Wildman–Crippen MR) is 159 cm³/mol. The third-order valence-electron chi connectivity index (χ3n) is 6.38. The van der Waals surface area contributed by atoms with Crippen LogP contribution in [-0.4, -0.2) is 15.5 Å². The van der Waals surface area contributed by atoms with Gasteiger partial charge in [0.15, 0.2) is 0 Å². The second kappa shape index (κ2) is 9.89. The number of phenolic OH excluding ortho intramolecular Hbond substituents is 2. The minimum atomic E-state index is -0.697. The number of thiol groups is 1. The first kappa shape index (κ1) is 30.0. The van der Waals surface area contributed by atoms with Crippen molar-refractivity contribution in [2.75, 3.05) is 0 Å². The second-order valence-corrected chi connectivity index (χ2v) is 18.8. The van der Waals surface area contributed by atoms with Gasteiger partial charge in [-0.25, -0.2) is 0 Å². The Labute approximate surface area is 222 Å². The monoisotopic (exact) mass is 518 g/mol. The lowest BCUT2D eigenvalue weighted by Gasteiger charge is -2.33. The van der Waals surface area contributed by atoms with Crippen LogP contribution < -0.4 is 0 Å². The molecular weight excluding hydrogens is 468 g/mol. The zero-order valence-electron chi connectivity index (χ0n) is 24.6. The van der Waals surface area contributed by atoms with Crippen LogP contribution in [0.5, 0.6) is 11.5 Å². The standard InChI is InChI=1S/C31H50O2S2/c1-19(2)35(21-17-23(30(9,10)11)26(32)24(18-21)31(12,13)14)34-25-16-20(28(3,4)5)15-22(27(25)33)29(6,7)8/h15-19,32-33,35H,1-14H3. The third-order valence-corrected chi connectivity index (χ3v) is 11.9. The first-order valence-corrected chi connectivity index (χ1v) is 15.6. The van der Waals surface area contributed by atoms with Crippen molar-refractivity contribution in [2.24, 2.45) is 0 Å². The van der Waals surface area contributed by atoms with Crippen LogP contribution in [0.1, 0.15) is 119 Å². The molecule has 0 radical (unpaired) electrons. The van der Waals surface area contributed by atoms with Gasteiger partial charge >= 0.3 is 0 Å². The van der Waals surface area contributed by atoms with E-state index in [2.05, 4.69) is 121 Å². The summed E-state index contributed by atoms with van der Waals surface area (Å²) in [5, 5.41) is 23.1. The van der Waals surface area contributed by atoms with Crippen molar-refractivity contribution in [3.8, 4) is 11.5 Å². The zero-order chi connectivity index (χ0) is 27.3. The van der Waals surface area contributed by atoms with E-state index in [1.807, 2.05) is 10.8 Å². The molecule has 35 heavy (non-hydrogen) atoms. The van der Waals surface area contributed by atoms with E-state index in [4.69, 9.17) is 0 Å². The Hall–Kier alpha value is -1.26. The van der Waals surface area contributed by atoms with E-state index in [0.717, 1.165) is 21.6 Å². The molecule has 2 aromatic rings. The lowest BCUT2D eigenvalue weighted by molar-refractivity contribution is 0.422. The summed E-state index contributed by atoms with van der Waals surface area (Å²) < 4.78 is 0. The van der Waals surface area contributed by atoms with Crippen molar-refractivity contribution in [3.05, 3.63) is 46.5 Å². The van der Waals surface area contributed by atoms with Crippen LogP contribution in [0.4, 0.5) is 0 Å². The molecule has 0 aliphatic carbocycles. The summed E-state index contributed by atoms with van der Waals surface area (Å²) in [7, 11) is 1.12. The van der Waals surface area contributed by atoms with Gasteiger partial charge in [0.25, 0.3) is 0 Å². The number of hydrogen-bond acceptors (Lipinski definition) is 3. The number of rotatable bonds is 4. The minimum Gasteiger partial charge on any atom is -0.507 e. The molecule has 0 aromatic heterocycles. The van der Waals surface area contributed by atoms with E-state index in [0.29, 0.717) is 16.7 Å². The number of phenols is 2. The molecule has 0 bridgehead atoms. The number of benzene rings is 2. The van der Waals surface area contributed by atoms with Gasteiger partial charge in [-0.05, 0) is 55.6 Å². The van der Waals surface area contributed by atoms with Gasteiger partial charge in [-0.15, -0.1) is 0 Å². The van der Waals surface area contributed by atoms with Gasteiger partial charge in [0.05, 0.1) is 4.90 Å². The lowest BCUT2D eigenvalue weighted by Crippen LogP contribution is -2.18. The quantitative estimate of drug-likeness (QED) is 0.279. The Balaban J connectivity index is 2.79. The Kier molecular flexibility index (Phi) is 8.47. The fraction of sp³-hybridized carbons (Fsp3) is 0.613. The first-order valence-electron chi connectivity index (χ1n) is 12.8. The summed E-state index contributed by atoms with van der Waals surface area (Å²) in [6.07, 6.45) is 0. The molecule has 2 nitrogen and oxygen atoms in total. The van der Waals surface area contributed by atoms with Gasteiger partial charge in [-0.1, -0.05) is 114 Å². The maximum atomic E-state index is 11.5. The van der Waals surface area contributed by atoms with E-state index >= 15 is 0 Å². The molecule has 1 unspecified atom stereocenters. The highest BCUT2D eigenvalue weighted by atomic mass is 33.1. The van der Waals surface area contributed by atoms with Crippen molar-refractivity contribution in [1.29, 1.82) is 0 Å². The number of hydrogen-bond donors (Lipinski definition) is 3. The van der Waals surface area contributed by atoms with Crippen LogP contribution >= 0.6 is 20.7 Å². The normalized spacial score (nSPS) is 15.0. The van der Waals surface area contributed by atoms with Crippen molar-refractivity contribution in [1.82, 2.24) is 0 Å². The molecule has 0 saturated carbocycles. The predicted octanol–water partition coefficient (Wildman–Crippen LogP) is 9.76. The average Bonchev–Trinajstić information content (AvgIpc) is 2.63. The van der Waals surface area contributed by atoms with Crippen LogP contribution in [0.2, 0.25) is 0 Å². The SMILES string of the molecule is CC(C)[SH](Sc1cc(C(C)(C)C)cc(C(C)(C)C)c1O)c1cc(C(C)(C)C)c(O)c(C(C)(C)C)c1. The van der Waals surface area contributed by atoms with Crippen LogP contribution in [0, 0.1) is 0 Å². The average molecular weight is 519 g/mol. The Morgan fingerprint density at radius 3 is 1.34 bits per heavy atom. The Morgan fingerprint density at radius 1 is 0.600 bits per heavy atom. The van der Waals surface area contributed by atoms with Crippen LogP contribution in [0.15, 0.2) is 34.1 Å². The molecule has 0 saturated heterocycles. The van der Waals surface area contributed by atoms with Gasteiger partial charge in [0, 0.05) is 16.7 Å². The highest BCUT2D eigenvalue weighted by molar-refractivity contribution is 8.85. The smallest absolute Gasteiger partial charge is 0.133 e. The van der Waals surface area contributed by atoms with Gasteiger partial charge < -0.3 is 10.2 Å². The van der Waals surface area contributed by atoms with Crippen LogP contribution in [-0.2, 0) is 21.7 Å². The van der Waals surface area contributed by atoms with E-state index < -0.39 is 9.93 Å². The molecule has 0 aliphatic heterocycles. The fourth-order valence-electron chi connectivity index (χ4n) is 4.13. The van der Waals surface area contributed by atoms with Crippen LogP contribution in [0.25, 0.3) is 0 Å². The molecule has 0 heterocycles. The Bertz CT molecular complexity index is 1020. The summed E-state index contributed by atoms with van der Waals surface area (Å²) in [4.78, 5) is 2.23. The summed E-state index contributed by atoms with van der Waals surface area (Å²) in [6, 6.07) is 8.83. The molecular formula is C31H50O2S2. The van der Waals surface area contributed by atoms with E-state index in [-0.39, 0.29) is 21.7 Å². The molecule has 0 aliphatic rings. The Morgan fingerprint density at radius 2 is 1.00 bits per heavy atom. The fourth-order valence-corrected chi connectivity index (χ4v) is 8.47. The lowest BCUT2D eigenvalue weighted by atomic mass is 9.79. The molecule has 0 fully saturated rings. The maximum Gasteiger partial charge on any atom is 0.133 e. The summed E-state index contributed by atoms with van der Waals surface area (Å²) in [5.74, 6) is 0.833. The maximum absolute atomic E-state index is 11.5. The summed E-state index contributed by atoms with van der Waals surface area (Å²) in [5.41, 5.74) is 3.74.